The third-order valence-electron chi connectivity index (χ3n) is 5.19. The van der Waals surface area contributed by atoms with Gasteiger partial charge in [-0.05, 0) is 48.6 Å². The summed E-state index contributed by atoms with van der Waals surface area (Å²) < 4.78 is 19.6. The zero-order chi connectivity index (χ0) is 19.9. The smallest absolute Gasteiger partial charge is 0.223 e. The number of rotatable bonds is 8. The number of carbonyl (C=O) groups excluding carboxylic acids is 1. The van der Waals surface area contributed by atoms with Crippen LogP contribution in [0.15, 0.2) is 48.5 Å². The molecule has 1 aliphatic heterocycles. The van der Waals surface area contributed by atoms with E-state index in [-0.39, 0.29) is 17.8 Å². The van der Waals surface area contributed by atoms with Crippen molar-refractivity contribution in [1.29, 1.82) is 0 Å². The molecule has 150 valence electrons. The Hall–Kier alpha value is -2.40. The number of ether oxygens (including phenoxy) is 1. The Morgan fingerprint density at radius 2 is 1.89 bits per heavy atom. The Labute approximate surface area is 166 Å². The van der Waals surface area contributed by atoms with Gasteiger partial charge in [-0.15, -0.1) is 0 Å². The van der Waals surface area contributed by atoms with Gasteiger partial charge in [-0.1, -0.05) is 30.3 Å². The van der Waals surface area contributed by atoms with Gasteiger partial charge in [0.2, 0.25) is 5.91 Å². The van der Waals surface area contributed by atoms with E-state index < -0.39 is 0 Å². The van der Waals surface area contributed by atoms with Gasteiger partial charge in [0.15, 0.2) is 0 Å². The number of benzene rings is 2. The lowest BCUT2D eigenvalue weighted by molar-refractivity contribution is -0.133. The van der Waals surface area contributed by atoms with Gasteiger partial charge in [-0.3, -0.25) is 4.79 Å². The molecule has 0 aromatic heterocycles. The first kappa shape index (κ1) is 20.3. The summed E-state index contributed by atoms with van der Waals surface area (Å²) in [5, 5.41) is 0. The summed E-state index contributed by atoms with van der Waals surface area (Å²) in [5.74, 6) is -0.212. The lowest BCUT2D eigenvalue weighted by atomic mass is 10.1. The highest BCUT2D eigenvalue weighted by molar-refractivity contribution is 5.76. The van der Waals surface area contributed by atoms with E-state index in [2.05, 4.69) is 24.3 Å². The fourth-order valence-corrected chi connectivity index (χ4v) is 3.51. The molecule has 2 aromatic carbocycles. The van der Waals surface area contributed by atoms with Crippen molar-refractivity contribution < 1.29 is 13.9 Å². The zero-order valence-corrected chi connectivity index (χ0v) is 16.7. The Bertz CT molecular complexity index is 770. The molecule has 3 rings (SSSR count). The van der Waals surface area contributed by atoms with Gasteiger partial charge in [0, 0.05) is 45.9 Å². The monoisotopic (exact) mass is 384 g/mol. The molecule has 0 aliphatic carbocycles. The number of anilines is 1. The second kappa shape index (κ2) is 9.69. The van der Waals surface area contributed by atoms with Gasteiger partial charge in [0.1, 0.15) is 5.82 Å². The van der Waals surface area contributed by atoms with E-state index in [1.54, 1.807) is 18.2 Å². The summed E-state index contributed by atoms with van der Waals surface area (Å²) in [5.41, 5.74) is 2.80. The first-order chi connectivity index (χ1) is 13.5. The van der Waals surface area contributed by atoms with E-state index >= 15 is 0 Å². The van der Waals surface area contributed by atoms with Crippen LogP contribution in [0.1, 0.15) is 30.4 Å². The molecule has 1 saturated heterocycles. The number of halogens is 1. The van der Waals surface area contributed by atoms with Crippen molar-refractivity contribution in [2.75, 3.05) is 32.1 Å². The van der Waals surface area contributed by atoms with Crippen LogP contribution in [-0.2, 0) is 22.5 Å². The van der Waals surface area contributed by atoms with Crippen molar-refractivity contribution in [3.63, 3.8) is 0 Å². The van der Waals surface area contributed by atoms with Crippen molar-refractivity contribution in [3.05, 3.63) is 65.5 Å². The standard InChI is InChI=1S/C23H29FN2O2/c1-25(2)20-12-9-18(10-13-20)16-26(17-21-7-5-15-28-21)23(27)14-11-19-6-3-4-8-22(19)24/h3-4,6,8-10,12-13,21H,5,7,11,14-17H2,1-2H3. The molecule has 4 nitrogen and oxygen atoms in total. The first-order valence-electron chi connectivity index (χ1n) is 9.92. The van der Waals surface area contributed by atoms with Crippen LogP contribution in [0.4, 0.5) is 10.1 Å². The van der Waals surface area contributed by atoms with Gasteiger partial charge >= 0.3 is 0 Å². The number of nitrogens with zero attached hydrogens (tertiary/aromatic N) is 2. The minimum absolute atomic E-state index is 0.0374. The number of aryl methyl sites for hydroxylation is 1. The van der Waals surface area contributed by atoms with Gasteiger partial charge < -0.3 is 14.5 Å². The maximum Gasteiger partial charge on any atom is 0.223 e. The minimum atomic E-state index is -0.250. The number of amides is 1. The van der Waals surface area contributed by atoms with Crippen molar-refractivity contribution in [1.82, 2.24) is 4.90 Å². The fourth-order valence-electron chi connectivity index (χ4n) is 3.51. The number of hydrogen-bond acceptors (Lipinski definition) is 3. The predicted octanol–water partition coefficient (Wildman–Crippen LogP) is 4.03. The highest BCUT2D eigenvalue weighted by Crippen LogP contribution is 2.19. The summed E-state index contributed by atoms with van der Waals surface area (Å²) in [6.07, 6.45) is 2.82. The van der Waals surface area contributed by atoms with Gasteiger partial charge in [-0.25, -0.2) is 4.39 Å². The molecule has 0 N–H and O–H groups in total. The lowest BCUT2D eigenvalue weighted by Gasteiger charge is -2.26. The SMILES string of the molecule is CN(C)c1ccc(CN(CC2CCCO2)C(=O)CCc2ccccc2F)cc1. The molecule has 28 heavy (non-hydrogen) atoms. The Morgan fingerprint density at radius 1 is 1.14 bits per heavy atom. The predicted molar refractivity (Wildman–Crippen MR) is 110 cm³/mol. The summed E-state index contributed by atoms with van der Waals surface area (Å²) >= 11 is 0. The largest absolute Gasteiger partial charge is 0.378 e. The Kier molecular flexibility index (Phi) is 7.04. The fraction of sp³-hybridized carbons (Fsp3) is 0.435. The van der Waals surface area contributed by atoms with Crippen LogP contribution < -0.4 is 4.90 Å². The van der Waals surface area contributed by atoms with E-state index in [0.717, 1.165) is 30.7 Å². The van der Waals surface area contributed by atoms with Crippen LogP contribution in [0, 0.1) is 5.82 Å². The average molecular weight is 384 g/mol. The van der Waals surface area contributed by atoms with Crippen molar-refractivity contribution in [2.45, 2.75) is 38.3 Å². The van der Waals surface area contributed by atoms with Gasteiger partial charge in [-0.2, -0.15) is 0 Å². The number of carbonyl (C=O) groups is 1. The lowest BCUT2D eigenvalue weighted by Crippen LogP contribution is -2.37. The van der Waals surface area contributed by atoms with E-state index in [1.807, 2.05) is 23.9 Å². The maximum absolute atomic E-state index is 13.9. The van der Waals surface area contributed by atoms with Crippen molar-refractivity contribution in [3.8, 4) is 0 Å². The minimum Gasteiger partial charge on any atom is -0.378 e. The van der Waals surface area contributed by atoms with E-state index in [9.17, 15) is 9.18 Å². The van der Waals surface area contributed by atoms with Crippen molar-refractivity contribution in [2.24, 2.45) is 0 Å². The normalized spacial score (nSPS) is 16.2. The first-order valence-corrected chi connectivity index (χ1v) is 9.92. The zero-order valence-electron chi connectivity index (χ0n) is 16.7. The quantitative estimate of drug-likeness (QED) is 0.689. The second-order valence-corrected chi connectivity index (χ2v) is 7.56. The average Bonchev–Trinajstić information content (AvgIpc) is 3.20. The van der Waals surface area contributed by atoms with Crippen LogP contribution >= 0.6 is 0 Å². The second-order valence-electron chi connectivity index (χ2n) is 7.56. The summed E-state index contributed by atoms with van der Waals surface area (Å²) in [6, 6.07) is 14.9. The summed E-state index contributed by atoms with van der Waals surface area (Å²) in [7, 11) is 4.01. The summed E-state index contributed by atoms with van der Waals surface area (Å²) in [6.45, 7) is 1.90. The third-order valence-corrected chi connectivity index (χ3v) is 5.19. The third kappa shape index (κ3) is 5.55. The molecular formula is C23H29FN2O2. The molecular weight excluding hydrogens is 355 g/mol. The highest BCUT2D eigenvalue weighted by Gasteiger charge is 2.23. The molecule has 0 bridgehead atoms. The molecule has 0 spiro atoms. The van der Waals surface area contributed by atoms with Gasteiger partial charge in [0.25, 0.3) is 0 Å². The van der Waals surface area contributed by atoms with E-state index in [1.165, 1.54) is 6.07 Å². The maximum atomic E-state index is 13.9. The Balaban J connectivity index is 1.66. The van der Waals surface area contributed by atoms with Crippen LogP contribution in [0.25, 0.3) is 0 Å². The van der Waals surface area contributed by atoms with Crippen molar-refractivity contribution >= 4 is 11.6 Å². The van der Waals surface area contributed by atoms with Gasteiger partial charge in [0.05, 0.1) is 6.10 Å². The highest BCUT2D eigenvalue weighted by atomic mass is 19.1. The molecule has 1 amide bonds. The molecule has 1 aliphatic rings. The van der Waals surface area contributed by atoms with E-state index in [0.29, 0.717) is 31.5 Å². The van der Waals surface area contributed by atoms with Crippen LogP contribution in [0.5, 0.6) is 0 Å². The molecule has 1 fully saturated rings. The van der Waals surface area contributed by atoms with Crippen LogP contribution in [-0.4, -0.2) is 44.2 Å². The molecule has 0 saturated carbocycles. The summed E-state index contributed by atoms with van der Waals surface area (Å²) in [4.78, 5) is 16.8. The molecule has 5 heteroatoms. The van der Waals surface area contributed by atoms with Crippen LogP contribution in [0.3, 0.4) is 0 Å². The molecule has 1 heterocycles. The molecule has 1 unspecified atom stereocenters. The molecule has 0 radical (unpaired) electrons. The molecule has 1 atom stereocenters. The molecule has 2 aromatic rings. The topological polar surface area (TPSA) is 32.8 Å². The Morgan fingerprint density at radius 3 is 2.54 bits per heavy atom. The number of hydrogen-bond donors (Lipinski definition) is 0. The van der Waals surface area contributed by atoms with Crippen LogP contribution in [0.2, 0.25) is 0 Å². The van der Waals surface area contributed by atoms with E-state index in [4.69, 9.17) is 4.74 Å².